The van der Waals surface area contributed by atoms with Crippen LogP contribution in [0.1, 0.15) is 51.4 Å². The van der Waals surface area contributed by atoms with Gasteiger partial charge in [-0.05, 0) is 24.5 Å². The van der Waals surface area contributed by atoms with Gasteiger partial charge in [0.2, 0.25) is 0 Å². The van der Waals surface area contributed by atoms with Gasteiger partial charge >= 0.3 is 12.1 Å². The highest BCUT2D eigenvalue weighted by Crippen LogP contribution is 2.44. The van der Waals surface area contributed by atoms with Crippen LogP contribution < -0.4 is 5.32 Å². The number of amides is 1. The normalized spacial score (nSPS) is 15.7. The Morgan fingerprint density at radius 1 is 1.15 bits per heavy atom. The molecule has 27 heavy (non-hydrogen) atoms. The topological polar surface area (TPSA) is 92.2 Å². The van der Waals surface area contributed by atoms with Crippen molar-refractivity contribution in [2.75, 3.05) is 6.54 Å². The number of carbonyl (C=O) groups excluding carboxylic acids is 1. The maximum absolute atomic E-state index is 13.0. The summed E-state index contributed by atoms with van der Waals surface area (Å²) in [6.07, 6.45) is -0.207. The molecule has 9 heteroatoms. The van der Waals surface area contributed by atoms with Crippen molar-refractivity contribution >= 4 is 11.9 Å². The number of benzene rings is 1. The van der Waals surface area contributed by atoms with Gasteiger partial charge in [-0.15, -0.1) is 0 Å². The maximum Gasteiger partial charge on any atom is 0.416 e. The van der Waals surface area contributed by atoms with E-state index in [9.17, 15) is 22.8 Å². The molecule has 1 amide bonds. The summed E-state index contributed by atoms with van der Waals surface area (Å²) in [7, 11) is 0. The Bertz CT molecular complexity index is 862. The molecule has 2 N–H and O–H groups in total. The summed E-state index contributed by atoms with van der Waals surface area (Å²) < 4.78 is 38.9. The molecule has 1 fully saturated rings. The fourth-order valence-electron chi connectivity index (χ4n) is 3.09. The number of nitrogens with one attached hydrogen (secondary N) is 1. The number of hydrogen-bond donors (Lipinski definition) is 2. The Labute approximate surface area is 152 Å². The van der Waals surface area contributed by atoms with Gasteiger partial charge < -0.3 is 10.4 Å². The van der Waals surface area contributed by atoms with Crippen LogP contribution >= 0.6 is 0 Å². The van der Waals surface area contributed by atoms with Crippen LogP contribution in [-0.2, 0) is 11.6 Å². The van der Waals surface area contributed by atoms with Gasteiger partial charge in [-0.1, -0.05) is 24.6 Å². The highest BCUT2D eigenvalue weighted by Gasteiger charge is 2.40. The number of halogens is 3. The summed E-state index contributed by atoms with van der Waals surface area (Å²) in [6, 6.07) is 5.17. The van der Waals surface area contributed by atoms with Gasteiger partial charge in [-0.2, -0.15) is 13.2 Å². The molecule has 3 rings (SSSR count). The summed E-state index contributed by atoms with van der Waals surface area (Å²) in [4.78, 5) is 30.4. The lowest BCUT2D eigenvalue weighted by molar-refractivity contribution is -0.137. The Morgan fingerprint density at radius 3 is 2.33 bits per heavy atom. The maximum atomic E-state index is 13.0. The Hall–Kier alpha value is -2.97. The van der Waals surface area contributed by atoms with Gasteiger partial charge in [0.15, 0.2) is 5.69 Å². The summed E-state index contributed by atoms with van der Waals surface area (Å²) in [6.45, 7) is 0.162. The zero-order valence-corrected chi connectivity index (χ0v) is 14.1. The molecule has 6 nitrogen and oxygen atoms in total. The van der Waals surface area contributed by atoms with Crippen LogP contribution in [0.4, 0.5) is 13.2 Å². The molecule has 1 aromatic carbocycles. The van der Waals surface area contributed by atoms with Crippen LogP contribution in [-0.4, -0.2) is 33.5 Å². The van der Waals surface area contributed by atoms with Gasteiger partial charge in [0.25, 0.3) is 5.91 Å². The van der Waals surface area contributed by atoms with Gasteiger partial charge in [0, 0.05) is 12.0 Å². The Kier molecular flexibility index (Phi) is 4.86. The zero-order valence-electron chi connectivity index (χ0n) is 14.1. The van der Waals surface area contributed by atoms with Crippen molar-refractivity contribution in [3.05, 3.63) is 59.2 Å². The minimum atomic E-state index is -4.42. The molecule has 1 aliphatic carbocycles. The standard InChI is InChI=1S/C18H16F3N3O3/c19-18(20,21)12-4-1-3-11(7-12)17(5-2-6-17)10-24-15(25)13-8-23-14(9-22-13)16(26)27/h1,3-4,7-9H,2,5-6,10H2,(H,24,25)(H,26,27). The second-order valence-corrected chi connectivity index (χ2v) is 6.49. The van der Waals surface area contributed by atoms with E-state index in [4.69, 9.17) is 5.11 Å². The molecule has 2 aromatic rings. The van der Waals surface area contributed by atoms with Crippen LogP contribution in [0.2, 0.25) is 0 Å². The fraction of sp³-hybridized carbons (Fsp3) is 0.333. The van der Waals surface area contributed by atoms with Gasteiger partial charge in [-0.25, -0.2) is 14.8 Å². The molecule has 1 aromatic heterocycles. The monoisotopic (exact) mass is 379 g/mol. The molecule has 0 unspecified atom stereocenters. The van der Waals surface area contributed by atoms with Crippen molar-refractivity contribution in [3.63, 3.8) is 0 Å². The Morgan fingerprint density at radius 2 is 1.81 bits per heavy atom. The van der Waals surface area contributed by atoms with E-state index in [0.717, 1.165) is 30.9 Å². The second kappa shape index (κ2) is 6.98. The minimum Gasteiger partial charge on any atom is -0.476 e. The van der Waals surface area contributed by atoms with E-state index in [1.165, 1.54) is 6.07 Å². The quantitative estimate of drug-likeness (QED) is 0.833. The third kappa shape index (κ3) is 3.91. The molecule has 0 bridgehead atoms. The first-order valence-electron chi connectivity index (χ1n) is 8.23. The van der Waals surface area contributed by atoms with Gasteiger partial charge in [0.1, 0.15) is 5.69 Å². The summed E-state index contributed by atoms with van der Waals surface area (Å²) in [5.74, 6) is -1.81. The summed E-state index contributed by atoms with van der Waals surface area (Å²) >= 11 is 0. The highest BCUT2D eigenvalue weighted by atomic mass is 19.4. The first-order chi connectivity index (χ1) is 12.7. The molecule has 0 saturated heterocycles. The number of aromatic nitrogens is 2. The largest absolute Gasteiger partial charge is 0.476 e. The van der Waals surface area contributed by atoms with Crippen LogP contribution in [0.5, 0.6) is 0 Å². The van der Waals surface area contributed by atoms with Crippen LogP contribution in [0.25, 0.3) is 0 Å². The minimum absolute atomic E-state index is 0.0569. The van der Waals surface area contributed by atoms with E-state index in [2.05, 4.69) is 15.3 Å². The molecular weight excluding hydrogens is 363 g/mol. The molecule has 0 spiro atoms. The lowest BCUT2D eigenvalue weighted by Crippen LogP contribution is -2.45. The van der Waals surface area contributed by atoms with Crippen LogP contribution in [0, 0.1) is 0 Å². The first kappa shape index (κ1) is 18.8. The number of carbonyl (C=O) groups is 2. The van der Waals surface area contributed by atoms with Crippen molar-refractivity contribution < 1.29 is 27.9 Å². The second-order valence-electron chi connectivity index (χ2n) is 6.49. The lowest BCUT2D eigenvalue weighted by atomic mass is 9.64. The molecular formula is C18H16F3N3O3. The molecule has 0 radical (unpaired) electrons. The van der Waals surface area contributed by atoms with E-state index in [1.807, 2.05) is 0 Å². The number of rotatable bonds is 5. The fourth-order valence-corrected chi connectivity index (χ4v) is 3.09. The van der Waals surface area contributed by atoms with E-state index in [1.54, 1.807) is 6.07 Å². The first-order valence-corrected chi connectivity index (χ1v) is 8.23. The predicted octanol–water partition coefficient (Wildman–Crippen LogP) is 3.05. The Balaban J connectivity index is 1.73. The van der Waals surface area contributed by atoms with E-state index in [-0.39, 0.29) is 17.9 Å². The van der Waals surface area contributed by atoms with Crippen molar-refractivity contribution in [2.45, 2.75) is 30.9 Å². The molecule has 1 saturated carbocycles. The number of nitrogens with zero attached hydrogens (tertiary/aromatic N) is 2. The molecule has 0 aliphatic heterocycles. The third-order valence-corrected chi connectivity index (χ3v) is 4.80. The summed E-state index contributed by atoms with van der Waals surface area (Å²) in [5.41, 5.74) is -1.07. The van der Waals surface area contributed by atoms with Crippen molar-refractivity contribution in [1.82, 2.24) is 15.3 Å². The average Bonchev–Trinajstić information content (AvgIpc) is 2.60. The van der Waals surface area contributed by atoms with Gasteiger partial charge in [0.05, 0.1) is 18.0 Å². The van der Waals surface area contributed by atoms with Crippen molar-refractivity contribution in [3.8, 4) is 0 Å². The van der Waals surface area contributed by atoms with Crippen LogP contribution in [0.3, 0.4) is 0 Å². The molecule has 142 valence electrons. The highest BCUT2D eigenvalue weighted by molar-refractivity contribution is 5.92. The zero-order chi connectivity index (χ0) is 19.7. The van der Waals surface area contributed by atoms with Crippen molar-refractivity contribution in [1.29, 1.82) is 0 Å². The average molecular weight is 379 g/mol. The number of carboxylic acid groups (broad SMARTS) is 1. The van der Waals surface area contributed by atoms with Crippen molar-refractivity contribution in [2.24, 2.45) is 0 Å². The third-order valence-electron chi connectivity index (χ3n) is 4.80. The van der Waals surface area contributed by atoms with E-state index in [0.29, 0.717) is 18.4 Å². The van der Waals surface area contributed by atoms with Gasteiger partial charge in [-0.3, -0.25) is 4.79 Å². The van der Waals surface area contributed by atoms with Crippen LogP contribution in [0.15, 0.2) is 36.7 Å². The number of hydrogen-bond acceptors (Lipinski definition) is 4. The number of aromatic carboxylic acids is 1. The molecule has 0 atom stereocenters. The molecule has 1 heterocycles. The SMILES string of the molecule is O=C(O)c1cnc(C(=O)NCC2(c3cccc(C(F)(F)F)c3)CCC2)cn1. The smallest absolute Gasteiger partial charge is 0.416 e. The van der Waals surface area contributed by atoms with E-state index < -0.39 is 29.0 Å². The van der Waals surface area contributed by atoms with E-state index >= 15 is 0 Å². The summed E-state index contributed by atoms with van der Waals surface area (Å²) in [5, 5.41) is 11.5. The molecule has 1 aliphatic rings. The predicted molar refractivity (Wildman–Crippen MR) is 88.3 cm³/mol. The lowest BCUT2D eigenvalue weighted by Gasteiger charge is -2.42. The number of alkyl halides is 3. The number of carboxylic acids is 1.